The maximum atomic E-state index is 14.2. The van der Waals surface area contributed by atoms with Crippen molar-refractivity contribution in [3.8, 4) is 11.4 Å². The van der Waals surface area contributed by atoms with E-state index in [2.05, 4.69) is 43.0 Å². The van der Waals surface area contributed by atoms with Crippen LogP contribution in [-0.4, -0.2) is 99.8 Å². The van der Waals surface area contributed by atoms with Gasteiger partial charge in [0.25, 0.3) is 5.91 Å². The van der Waals surface area contributed by atoms with Gasteiger partial charge in [0.2, 0.25) is 5.91 Å². The predicted molar refractivity (Wildman–Crippen MR) is 192 cm³/mol. The number of methoxy groups -OCH3 is 1. The van der Waals surface area contributed by atoms with E-state index in [1.54, 1.807) is 19.2 Å². The van der Waals surface area contributed by atoms with Crippen LogP contribution in [-0.2, 0) is 15.6 Å². The van der Waals surface area contributed by atoms with E-state index < -0.39 is 5.41 Å². The topological polar surface area (TPSA) is 109 Å². The summed E-state index contributed by atoms with van der Waals surface area (Å²) in [6, 6.07) is 21.4. The van der Waals surface area contributed by atoms with Crippen molar-refractivity contribution < 1.29 is 14.3 Å². The molecule has 2 amide bonds. The molecule has 262 valence electrons. The third kappa shape index (κ3) is 6.84. The maximum absolute atomic E-state index is 14.2. The van der Waals surface area contributed by atoms with Crippen LogP contribution < -0.4 is 10.2 Å². The van der Waals surface area contributed by atoms with Gasteiger partial charge in [-0.2, -0.15) is 0 Å². The Bertz CT molecular complexity index is 1810. The number of carbonyl (C=O) groups excluding carboxylic acids is 2. The molecule has 1 atom stereocenters. The van der Waals surface area contributed by atoms with Gasteiger partial charge in [0.05, 0.1) is 33.8 Å². The maximum Gasteiger partial charge on any atom is 0.257 e. The number of halogens is 2. The Balaban J connectivity index is 1.10. The fourth-order valence-electron chi connectivity index (χ4n) is 7.93. The van der Waals surface area contributed by atoms with Crippen LogP contribution >= 0.6 is 23.2 Å². The number of nitrogens with one attached hydrogen (secondary N) is 1. The Morgan fingerprint density at radius 1 is 0.880 bits per heavy atom. The number of hydrazine groups is 1. The number of likely N-dealkylation sites (tertiary alicyclic amines) is 2. The van der Waals surface area contributed by atoms with Crippen LogP contribution in [0.3, 0.4) is 0 Å². The molecule has 1 aromatic heterocycles. The minimum Gasteiger partial charge on any atom is -0.496 e. The molecule has 1 N–H and O–H groups in total. The van der Waals surface area contributed by atoms with E-state index >= 15 is 0 Å². The highest BCUT2D eigenvalue weighted by Crippen LogP contribution is 2.42. The molecule has 13 heteroatoms. The van der Waals surface area contributed by atoms with Crippen LogP contribution in [0.25, 0.3) is 5.69 Å². The van der Waals surface area contributed by atoms with Gasteiger partial charge in [0, 0.05) is 31.6 Å². The first-order chi connectivity index (χ1) is 24.3. The summed E-state index contributed by atoms with van der Waals surface area (Å²) in [5.74, 6) is 0.471. The second-order valence-electron chi connectivity index (χ2n) is 13.7. The van der Waals surface area contributed by atoms with Crippen LogP contribution in [0.5, 0.6) is 5.75 Å². The van der Waals surface area contributed by atoms with Gasteiger partial charge in [-0.25, -0.2) is 9.69 Å². The lowest BCUT2D eigenvalue weighted by Gasteiger charge is -2.42. The largest absolute Gasteiger partial charge is 0.496 e. The molecule has 0 radical (unpaired) electrons. The lowest BCUT2D eigenvalue weighted by Crippen LogP contribution is -2.55. The van der Waals surface area contributed by atoms with Gasteiger partial charge in [0.15, 0.2) is 0 Å². The van der Waals surface area contributed by atoms with E-state index in [4.69, 9.17) is 27.9 Å². The Labute approximate surface area is 302 Å². The molecule has 0 saturated carbocycles. The number of rotatable bonds is 10. The average molecular weight is 718 g/mol. The molecule has 3 fully saturated rings. The Hall–Kier alpha value is -4.03. The number of piperidine rings is 1. The molecule has 3 aliphatic rings. The number of carbonyl (C=O) groups is 2. The predicted octanol–water partition coefficient (Wildman–Crippen LogP) is 5.31. The fourth-order valence-corrected chi connectivity index (χ4v) is 8.22. The third-order valence-corrected chi connectivity index (χ3v) is 11.7. The van der Waals surface area contributed by atoms with Crippen LogP contribution in [0.4, 0.5) is 0 Å². The lowest BCUT2D eigenvalue weighted by molar-refractivity contribution is -0.133. The van der Waals surface area contributed by atoms with Crippen molar-refractivity contribution in [2.24, 2.45) is 0 Å². The smallest absolute Gasteiger partial charge is 0.257 e. The number of ether oxygens (including phenoxy) is 1. The highest BCUT2D eigenvalue weighted by atomic mass is 35.5. The molecule has 3 aromatic carbocycles. The second kappa shape index (κ2) is 14.7. The molecule has 0 spiro atoms. The van der Waals surface area contributed by atoms with Gasteiger partial charge in [-0.15, -0.1) is 5.10 Å². The third-order valence-electron chi connectivity index (χ3n) is 10.9. The van der Waals surface area contributed by atoms with Gasteiger partial charge in [-0.3, -0.25) is 15.0 Å². The monoisotopic (exact) mass is 716 g/mol. The van der Waals surface area contributed by atoms with Crippen molar-refractivity contribution in [3.63, 3.8) is 0 Å². The normalized spacial score (nSPS) is 21.0. The van der Waals surface area contributed by atoms with Crippen LogP contribution in [0.15, 0.2) is 73.1 Å². The molecule has 1 unspecified atom stereocenters. The van der Waals surface area contributed by atoms with E-state index in [0.29, 0.717) is 40.1 Å². The minimum absolute atomic E-state index is 0.0991. The van der Waals surface area contributed by atoms with Crippen molar-refractivity contribution in [1.82, 2.24) is 40.4 Å². The quantitative estimate of drug-likeness (QED) is 0.235. The molecule has 3 saturated heterocycles. The zero-order valence-electron chi connectivity index (χ0n) is 28.2. The Kier molecular flexibility index (Phi) is 10.1. The fraction of sp³-hybridized carbons (Fsp3) is 0.432. The summed E-state index contributed by atoms with van der Waals surface area (Å²) in [6.07, 6.45) is 6.76. The number of hydrogen-bond donors (Lipinski definition) is 1. The van der Waals surface area contributed by atoms with Crippen molar-refractivity contribution >= 4 is 35.0 Å². The molecular weight excluding hydrogens is 675 g/mol. The molecular formula is C37H42Cl2N8O3. The standard InChI is InChI=1S/C37H42Cl2N8O3/c1-50-33-12-10-29(47-26-40-42-43-47)24-30(33)34(48)45-22-14-36(25-45,28-9-11-31(38)32(39)23-28)13-19-44-20-15-37(16-21-44,27-7-3-2-4-8-27)35(49)41-46-17-5-6-18-46/h2-4,7-12,23-24,26H,5-6,13-22,25H2,1H3,(H,41,49). The molecule has 0 bridgehead atoms. The number of tetrazole rings is 1. The lowest BCUT2D eigenvalue weighted by atomic mass is 9.71. The summed E-state index contributed by atoms with van der Waals surface area (Å²) >= 11 is 13.0. The summed E-state index contributed by atoms with van der Waals surface area (Å²) in [5, 5.41) is 14.5. The van der Waals surface area contributed by atoms with Crippen molar-refractivity contribution in [3.05, 3.63) is 99.8 Å². The van der Waals surface area contributed by atoms with Crippen LogP contribution in [0.1, 0.15) is 60.0 Å². The molecule has 4 aromatic rings. The van der Waals surface area contributed by atoms with E-state index in [1.807, 2.05) is 47.4 Å². The number of nitrogens with zero attached hydrogens (tertiary/aromatic N) is 7. The summed E-state index contributed by atoms with van der Waals surface area (Å²) in [7, 11) is 1.56. The van der Waals surface area contributed by atoms with Gasteiger partial charge in [-0.05, 0) is 110 Å². The SMILES string of the molecule is COc1ccc(-n2cnnn2)cc1C(=O)N1CCC(CCN2CCC(C(=O)NN3CCCC3)(c3ccccc3)CC2)(c2ccc(Cl)c(Cl)c2)C1. The zero-order valence-corrected chi connectivity index (χ0v) is 29.7. The van der Waals surface area contributed by atoms with E-state index in [9.17, 15) is 9.59 Å². The highest BCUT2D eigenvalue weighted by Gasteiger charge is 2.46. The molecule has 11 nitrogen and oxygen atoms in total. The molecule has 50 heavy (non-hydrogen) atoms. The summed E-state index contributed by atoms with van der Waals surface area (Å²) in [4.78, 5) is 32.5. The molecule has 3 aliphatic heterocycles. The van der Waals surface area contributed by atoms with Gasteiger partial charge < -0.3 is 14.5 Å². The first-order valence-electron chi connectivity index (χ1n) is 17.3. The van der Waals surface area contributed by atoms with Gasteiger partial charge >= 0.3 is 0 Å². The van der Waals surface area contributed by atoms with Crippen LogP contribution in [0, 0.1) is 0 Å². The second-order valence-corrected chi connectivity index (χ2v) is 14.5. The van der Waals surface area contributed by atoms with E-state index in [1.165, 1.54) is 11.0 Å². The zero-order chi connectivity index (χ0) is 34.7. The summed E-state index contributed by atoms with van der Waals surface area (Å²) in [6.45, 7) is 5.30. The Morgan fingerprint density at radius 3 is 2.36 bits per heavy atom. The number of aromatic nitrogens is 4. The van der Waals surface area contributed by atoms with Crippen molar-refractivity contribution in [1.29, 1.82) is 0 Å². The van der Waals surface area contributed by atoms with Crippen molar-refractivity contribution in [2.45, 2.75) is 49.4 Å². The number of amides is 2. The highest BCUT2D eigenvalue weighted by molar-refractivity contribution is 6.42. The molecule has 7 rings (SSSR count). The number of hydrogen-bond acceptors (Lipinski definition) is 8. The first-order valence-corrected chi connectivity index (χ1v) is 18.1. The average Bonchev–Trinajstić information content (AvgIpc) is 3.96. The van der Waals surface area contributed by atoms with E-state index in [0.717, 1.165) is 82.4 Å². The summed E-state index contributed by atoms with van der Waals surface area (Å²) in [5.41, 5.74) is 5.60. The van der Waals surface area contributed by atoms with Crippen LogP contribution in [0.2, 0.25) is 10.0 Å². The van der Waals surface area contributed by atoms with E-state index in [-0.39, 0.29) is 17.2 Å². The molecule has 4 heterocycles. The molecule has 0 aliphatic carbocycles. The van der Waals surface area contributed by atoms with Crippen molar-refractivity contribution in [2.75, 3.05) is 52.9 Å². The Morgan fingerprint density at radius 2 is 1.66 bits per heavy atom. The summed E-state index contributed by atoms with van der Waals surface area (Å²) < 4.78 is 7.13. The number of benzene rings is 3. The minimum atomic E-state index is -0.575. The van der Waals surface area contributed by atoms with Gasteiger partial charge in [-0.1, -0.05) is 59.6 Å². The first kappa shape index (κ1) is 34.4. The van der Waals surface area contributed by atoms with Gasteiger partial charge in [0.1, 0.15) is 12.1 Å².